The van der Waals surface area contributed by atoms with E-state index in [1.54, 1.807) is 7.11 Å². The fourth-order valence-corrected chi connectivity index (χ4v) is 1.02. The summed E-state index contributed by atoms with van der Waals surface area (Å²) in [5, 5.41) is 0. The first-order chi connectivity index (χ1) is 3.75. The van der Waals surface area contributed by atoms with Crippen molar-refractivity contribution in [1.29, 1.82) is 0 Å². The van der Waals surface area contributed by atoms with Gasteiger partial charge in [0.25, 0.3) is 0 Å². The van der Waals surface area contributed by atoms with E-state index in [9.17, 15) is 4.39 Å². The fraction of sp³-hybridized carbons (Fsp3) is 1.00. The highest BCUT2D eigenvalue weighted by molar-refractivity contribution is 4.87. The highest BCUT2D eigenvalue weighted by Gasteiger charge is 2.38. The maximum Gasteiger partial charge on any atom is 0.129 e. The zero-order valence-electron chi connectivity index (χ0n) is 5.23. The molecule has 0 aromatic rings. The van der Waals surface area contributed by atoms with Crippen molar-refractivity contribution in [3.63, 3.8) is 0 Å². The van der Waals surface area contributed by atoms with Crippen LogP contribution in [0.4, 0.5) is 4.39 Å². The predicted octanol–water partition coefficient (Wildman–Crippen LogP) is 1.38. The lowest BCUT2D eigenvalue weighted by Crippen LogP contribution is -2.42. The molecule has 48 valence electrons. The lowest BCUT2D eigenvalue weighted by atomic mass is 9.82. The molecule has 0 amide bonds. The van der Waals surface area contributed by atoms with E-state index in [0.717, 1.165) is 6.42 Å². The van der Waals surface area contributed by atoms with Crippen molar-refractivity contribution in [2.45, 2.75) is 25.6 Å². The summed E-state index contributed by atoms with van der Waals surface area (Å²) in [6.07, 6.45) is 0.0718. The molecule has 0 spiro atoms. The summed E-state index contributed by atoms with van der Waals surface area (Å²) in [5.74, 6) is 0.222. The Morgan fingerprint density at radius 3 is 2.38 bits per heavy atom. The van der Waals surface area contributed by atoms with Crippen LogP contribution < -0.4 is 0 Å². The second-order valence-corrected chi connectivity index (χ2v) is 2.43. The van der Waals surface area contributed by atoms with Crippen LogP contribution in [0.3, 0.4) is 0 Å². The van der Waals surface area contributed by atoms with E-state index in [1.165, 1.54) is 0 Å². The molecule has 0 radical (unpaired) electrons. The summed E-state index contributed by atoms with van der Waals surface area (Å²) in [5.41, 5.74) is 0. The normalized spacial score (nSPS) is 46.1. The first-order valence-electron chi connectivity index (χ1n) is 2.92. The fourth-order valence-electron chi connectivity index (χ4n) is 1.02. The molecule has 0 aliphatic heterocycles. The number of halogens is 1. The average molecular weight is 118 g/mol. The van der Waals surface area contributed by atoms with Crippen LogP contribution in [0.1, 0.15) is 13.3 Å². The molecule has 1 saturated carbocycles. The van der Waals surface area contributed by atoms with Gasteiger partial charge in [0, 0.05) is 7.11 Å². The van der Waals surface area contributed by atoms with E-state index in [1.807, 2.05) is 6.92 Å². The van der Waals surface area contributed by atoms with Crippen molar-refractivity contribution in [2.24, 2.45) is 5.92 Å². The minimum Gasteiger partial charge on any atom is -0.378 e. The van der Waals surface area contributed by atoms with Crippen LogP contribution in [0.2, 0.25) is 0 Å². The van der Waals surface area contributed by atoms with Gasteiger partial charge in [-0.15, -0.1) is 0 Å². The molecule has 0 N–H and O–H groups in total. The second-order valence-electron chi connectivity index (χ2n) is 2.43. The first kappa shape index (κ1) is 6.02. The summed E-state index contributed by atoms with van der Waals surface area (Å²) in [6.45, 7) is 1.90. The SMILES string of the molecule is COC1CC(C)C1F. The van der Waals surface area contributed by atoms with Crippen LogP contribution in [0, 0.1) is 5.92 Å². The summed E-state index contributed by atoms with van der Waals surface area (Å²) in [4.78, 5) is 0. The summed E-state index contributed by atoms with van der Waals surface area (Å²) >= 11 is 0. The van der Waals surface area contributed by atoms with Gasteiger partial charge in [-0.05, 0) is 12.3 Å². The second kappa shape index (κ2) is 2.02. The van der Waals surface area contributed by atoms with Crippen LogP contribution in [-0.4, -0.2) is 19.4 Å². The minimum absolute atomic E-state index is 0.106. The largest absolute Gasteiger partial charge is 0.378 e. The van der Waals surface area contributed by atoms with E-state index < -0.39 is 6.17 Å². The van der Waals surface area contributed by atoms with E-state index in [2.05, 4.69) is 0 Å². The van der Waals surface area contributed by atoms with Crippen molar-refractivity contribution < 1.29 is 9.13 Å². The van der Waals surface area contributed by atoms with Gasteiger partial charge in [0.2, 0.25) is 0 Å². The van der Waals surface area contributed by atoms with Gasteiger partial charge in [0.1, 0.15) is 6.17 Å². The maximum atomic E-state index is 12.5. The molecule has 1 rings (SSSR count). The number of alkyl halides is 1. The molecule has 3 unspecified atom stereocenters. The molecule has 1 fully saturated rings. The number of methoxy groups -OCH3 is 1. The maximum absolute atomic E-state index is 12.5. The Morgan fingerprint density at radius 2 is 2.25 bits per heavy atom. The standard InChI is InChI=1S/C6H11FO/c1-4-3-5(8-2)6(4)7/h4-6H,3H2,1-2H3. The van der Waals surface area contributed by atoms with Gasteiger partial charge < -0.3 is 4.74 Å². The quantitative estimate of drug-likeness (QED) is 0.505. The first-order valence-corrected chi connectivity index (χ1v) is 2.92. The van der Waals surface area contributed by atoms with Gasteiger partial charge in [0.05, 0.1) is 6.10 Å². The zero-order chi connectivity index (χ0) is 6.15. The van der Waals surface area contributed by atoms with E-state index in [0.29, 0.717) is 0 Å². The molecular formula is C6H11FO. The topological polar surface area (TPSA) is 9.23 Å². The van der Waals surface area contributed by atoms with Crippen LogP contribution in [0.5, 0.6) is 0 Å². The number of rotatable bonds is 1. The molecule has 2 heteroatoms. The highest BCUT2D eigenvalue weighted by atomic mass is 19.1. The Kier molecular flexibility index (Phi) is 1.52. The lowest BCUT2D eigenvalue weighted by molar-refractivity contribution is -0.0723. The lowest BCUT2D eigenvalue weighted by Gasteiger charge is -2.35. The Balaban J connectivity index is 2.25. The van der Waals surface area contributed by atoms with Crippen LogP contribution in [-0.2, 0) is 4.74 Å². The molecule has 0 aromatic heterocycles. The van der Waals surface area contributed by atoms with Crippen LogP contribution in [0.15, 0.2) is 0 Å². The smallest absolute Gasteiger partial charge is 0.129 e. The van der Waals surface area contributed by atoms with E-state index >= 15 is 0 Å². The van der Waals surface area contributed by atoms with E-state index in [-0.39, 0.29) is 12.0 Å². The van der Waals surface area contributed by atoms with Gasteiger partial charge in [0.15, 0.2) is 0 Å². The molecular weight excluding hydrogens is 107 g/mol. The molecule has 0 bridgehead atoms. The average Bonchev–Trinajstić information content (AvgIpc) is 1.81. The Bertz CT molecular complexity index is 84.6. The van der Waals surface area contributed by atoms with E-state index in [4.69, 9.17) is 4.74 Å². The predicted molar refractivity (Wildman–Crippen MR) is 29.5 cm³/mol. The van der Waals surface area contributed by atoms with Gasteiger partial charge in [-0.1, -0.05) is 6.92 Å². The van der Waals surface area contributed by atoms with Gasteiger partial charge in [-0.25, -0.2) is 4.39 Å². The van der Waals surface area contributed by atoms with Crippen molar-refractivity contribution in [2.75, 3.05) is 7.11 Å². The molecule has 0 aromatic carbocycles. The van der Waals surface area contributed by atoms with Gasteiger partial charge >= 0.3 is 0 Å². The Labute approximate surface area is 48.8 Å². The molecule has 1 aliphatic carbocycles. The number of hydrogen-bond acceptors (Lipinski definition) is 1. The monoisotopic (exact) mass is 118 g/mol. The number of ether oxygens (including phenoxy) is 1. The highest BCUT2D eigenvalue weighted by Crippen LogP contribution is 2.32. The van der Waals surface area contributed by atoms with Gasteiger partial charge in [-0.3, -0.25) is 0 Å². The molecule has 3 atom stereocenters. The molecule has 0 saturated heterocycles. The molecule has 0 heterocycles. The molecule has 1 aliphatic rings. The Hall–Kier alpha value is -0.110. The minimum atomic E-state index is -0.708. The van der Waals surface area contributed by atoms with Crippen LogP contribution in [0.25, 0.3) is 0 Å². The summed E-state index contributed by atoms with van der Waals surface area (Å²) in [6, 6.07) is 0. The zero-order valence-corrected chi connectivity index (χ0v) is 5.23. The Morgan fingerprint density at radius 1 is 1.62 bits per heavy atom. The van der Waals surface area contributed by atoms with Crippen molar-refractivity contribution in [3.05, 3.63) is 0 Å². The summed E-state index contributed by atoms with van der Waals surface area (Å²) in [7, 11) is 1.56. The third-order valence-corrected chi connectivity index (χ3v) is 1.81. The van der Waals surface area contributed by atoms with Crippen molar-refractivity contribution >= 4 is 0 Å². The molecule has 1 nitrogen and oxygen atoms in total. The number of hydrogen-bond donors (Lipinski definition) is 0. The van der Waals surface area contributed by atoms with Gasteiger partial charge in [-0.2, -0.15) is 0 Å². The van der Waals surface area contributed by atoms with Crippen molar-refractivity contribution in [1.82, 2.24) is 0 Å². The summed E-state index contributed by atoms with van der Waals surface area (Å²) < 4.78 is 17.2. The third-order valence-electron chi connectivity index (χ3n) is 1.81. The van der Waals surface area contributed by atoms with Crippen molar-refractivity contribution in [3.8, 4) is 0 Å². The van der Waals surface area contributed by atoms with Crippen LogP contribution >= 0.6 is 0 Å². The third kappa shape index (κ3) is 0.730. The molecule has 8 heavy (non-hydrogen) atoms.